The van der Waals surface area contributed by atoms with Crippen molar-refractivity contribution in [1.29, 1.82) is 0 Å². The van der Waals surface area contributed by atoms with Gasteiger partial charge in [0.05, 0.1) is 13.2 Å². The lowest BCUT2D eigenvalue weighted by atomic mass is 10.1. The number of rotatable bonds is 3. The second-order valence-corrected chi connectivity index (χ2v) is 6.10. The molecule has 1 aromatic carbocycles. The zero-order valence-electron chi connectivity index (χ0n) is 11.7. The van der Waals surface area contributed by atoms with Gasteiger partial charge >= 0.3 is 0 Å². The van der Waals surface area contributed by atoms with E-state index in [9.17, 15) is 8.78 Å². The molecule has 0 aliphatic carbocycles. The molecule has 0 saturated carbocycles. The van der Waals surface area contributed by atoms with Gasteiger partial charge in [0.15, 0.2) is 0 Å². The highest BCUT2D eigenvalue weighted by Gasteiger charge is 2.51. The summed E-state index contributed by atoms with van der Waals surface area (Å²) >= 11 is 0. The van der Waals surface area contributed by atoms with E-state index in [1.165, 1.54) is 0 Å². The van der Waals surface area contributed by atoms with E-state index in [2.05, 4.69) is 0 Å². The van der Waals surface area contributed by atoms with Crippen molar-refractivity contribution < 1.29 is 13.5 Å². The minimum atomic E-state index is -2.78. The van der Waals surface area contributed by atoms with Gasteiger partial charge in [0, 0.05) is 12.1 Å². The molecule has 1 aliphatic rings. The van der Waals surface area contributed by atoms with Gasteiger partial charge in [0.1, 0.15) is 6.10 Å². The number of likely N-dealkylation sites (tertiary alicyclic amines) is 1. The fourth-order valence-corrected chi connectivity index (χ4v) is 2.21. The third kappa shape index (κ3) is 3.51. The van der Waals surface area contributed by atoms with E-state index in [1.807, 2.05) is 51.1 Å². The molecule has 1 saturated heterocycles. The third-order valence-electron chi connectivity index (χ3n) is 3.50. The standard InChI is InChI=1S/C15H21F2NO/c1-14(2,3)18-9-13(15(16,17)11-18)19-10-12-7-5-4-6-8-12/h4-8,13H,9-11H2,1-3H3. The predicted octanol–water partition coefficient (Wildman–Crippen LogP) is 3.32. The molecule has 1 unspecified atom stereocenters. The van der Waals surface area contributed by atoms with Crippen molar-refractivity contribution in [2.24, 2.45) is 0 Å². The van der Waals surface area contributed by atoms with Gasteiger partial charge in [0.2, 0.25) is 0 Å². The first-order valence-electron chi connectivity index (χ1n) is 6.57. The van der Waals surface area contributed by atoms with Crippen LogP contribution in [0.1, 0.15) is 26.3 Å². The third-order valence-corrected chi connectivity index (χ3v) is 3.50. The maximum Gasteiger partial charge on any atom is 0.287 e. The molecule has 106 valence electrons. The Labute approximate surface area is 113 Å². The van der Waals surface area contributed by atoms with Crippen molar-refractivity contribution in [2.75, 3.05) is 13.1 Å². The van der Waals surface area contributed by atoms with Gasteiger partial charge in [-0.15, -0.1) is 0 Å². The summed E-state index contributed by atoms with van der Waals surface area (Å²) in [5.74, 6) is -2.78. The van der Waals surface area contributed by atoms with Crippen LogP contribution in [0.4, 0.5) is 8.78 Å². The molecule has 2 rings (SSSR count). The Bertz CT molecular complexity index is 414. The number of hydrogen-bond donors (Lipinski definition) is 0. The highest BCUT2D eigenvalue weighted by atomic mass is 19.3. The first kappa shape index (κ1) is 14.4. The van der Waals surface area contributed by atoms with E-state index in [4.69, 9.17) is 4.74 Å². The summed E-state index contributed by atoms with van der Waals surface area (Å²) < 4.78 is 33.3. The molecule has 0 N–H and O–H groups in total. The Kier molecular flexibility index (Phi) is 3.92. The molecule has 1 fully saturated rings. The molecular weight excluding hydrogens is 248 g/mol. The van der Waals surface area contributed by atoms with Crippen LogP contribution in [0.5, 0.6) is 0 Å². The van der Waals surface area contributed by atoms with Gasteiger partial charge in [-0.25, -0.2) is 8.78 Å². The monoisotopic (exact) mass is 269 g/mol. The van der Waals surface area contributed by atoms with Crippen LogP contribution in [0, 0.1) is 0 Å². The number of nitrogens with zero attached hydrogens (tertiary/aromatic N) is 1. The largest absolute Gasteiger partial charge is 0.366 e. The quantitative estimate of drug-likeness (QED) is 0.834. The van der Waals surface area contributed by atoms with E-state index in [1.54, 1.807) is 4.90 Å². The van der Waals surface area contributed by atoms with E-state index in [0.29, 0.717) is 0 Å². The van der Waals surface area contributed by atoms with Gasteiger partial charge < -0.3 is 4.74 Å². The van der Waals surface area contributed by atoms with E-state index in [-0.39, 0.29) is 25.2 Å². The second kappa shape index (κ2) is 5.17. The molecule has 2 nitrogen and oxygen atoms in total. The number of benzene rings is 1. The maximum atomic E-state index is 13.9. The smallest absolute Gasteiger partial charge is 0.287 e. The Morgan fingerprint density at radius 3 is 2.42 bits per heavy atom. The number of alkyl halides is 2. The zero-order chi connectivity index (χ0) is 14.1. The summed E-state index contributed by atoms with van der Waals surface area (Å²) in [5, 5.41) is 0. The van der Waals surface area contributed by atoms with Crippen LogP contribution < -0.4 is 0 Å². The van der Waals surface area contributed by atoms with Gasteiger partial charge in [-0.2, -0.15) is 0 Å². The highest BCUT2D eigenvalue weighted by Crippen LogP contribution is 2.34. The number of halogens is 2. The maximum absolute atomic E-state index is 13.9. The van der Waals surface area contributed by atoms with Gasteiger partial charge in [-0.1, -0.05) is 30.3 Å². The van der Waals surface area contributed by atoms with Crippen molar-refractivity contribution in [1.82, 2.24) is 4.90 Å². The summed E-state index contributed by atoms with van der Waals surface area (Å²) in [7, 11) is 0. The summed E-state index contributed by atoms with van der Waals surface area (Å²) in [4.78, 5) is 1.78. The first-order chi connectivity index (χ1) is 8.79. The molecule has 0 amide bonds. The lowest BCUT2D eigenvalue weighted by Gasteiger charge is -2.31. The minimum absolute atomic E-state index is 0.226. The fraction of sp³-hybridized carbons (Fsp3) is 0.600. The van der Waals surface area contributed by atoms with Crippen LogP contribution >= 0.6 is 0 Å². The molecule has 1 aromatic rings. The molecule has 19 heavy (non-hydrogen) atoms. The van der Waals surface area contributed by atoms with Gasteiger partial charge in [-0.05, 0) is 26.3 Å². The van der Waals surface area contributed by atoms with E-state index in [0.717, 1.165) is 5.56 Å². The summed E-state index contributed by atoms with van der Waals surface area (Å²) in [5.41, 5.74) is 0.668. The molecule has 1 atom stereocenters. The average Bonchev–Trinajstić information content (AvgIpc) is 2.63. The fourth-order valence-electron chi connectivity index (χ4n) is 2.21. The minimum Gasteiger partial charge on any atom is -0.366 e. The molecule has 1 heterocycles. The zero-order valence-corrected chi connectivity index (χ0v) is 11.7. The van der Waals surface area contributed by atoms with Crippen molar-refractivity contribution in [3.63, 3.8) is 0 Å². The molecule has 0 bridgehead atoms. The normalized spacial score (nSPS) is 23.7. The van der Waals surface area contributed by atoms with Gasteiger partial charge in [-0.3, -0.25) is 4.90 Å². The molecule has 0 aromatic heterocycles. The molecule has 1 aliphatic heterocycles. The van der Waals surface area contributed by atoms with Crippen molar-refractivity contribution in [2.45, 2.75) is 44.9 Å². The molecule has 0 spiro atoms. The Morgan fingerprint density at radius 2 is 1.89 bits per heavy atom. The van der Waals surface area contributed by atoms with Crippen LogP contribution in [0.3, 0.4) is 0 Å². The van der Waals surface area contributed by atoms with Crippen LogP contribution in [-0.4, -0.2) is 35.6 Å². The average molecular weight is 269 g/mol. The first-order valence-corrected chi connectivity index (χ1v) is 6.57. The molecule has 0 radical (unpaired) electrons. The van der Waals surface area contributed by atoms with Crippen molar-refractivity contribution in [3.8, 4) is 0 Å². The van der Waals surface area contributed by atoms with Crippen molar-refractivity contribution >= 4 is 0 Å². The van der Waals surface area contributed by atoms with E-state index >= 15 is 0 Å². The predicted molar refractivity (Wildman–Crippen MR) is 71.3 cm³/mol. The van der Waals surface area contributed by atoms with Crippen LogP contribution in [0.2, 0.25) is 0 Å². The SMILES string of the molecule is CC(C)(C)N1CC(OCc2ccccc2)C(F)(F)C1. The lowest BCUT2D eigenvalue weighted by molar-refractivity contribution is -0.111. The Hall–Kier alpha value is -1.00. The highest BCUT2D eigenvalue weighted by molar-refractivity contribution is 5.13. The van der Waals surface area contributed by atoms with E-state index < -0.39 is 12.0 Å². The second-order valence-electron chi connectivity index (χ2n) is 6.10. The van der Waals surface area contributed by atoms with Crippen molar-refractivity contribution in [3.05, 3.63) is 35.9 Å². The lowest BCUT2D eigenvalue weighted by Crippen LogP contribution is -2.40. The topological polar surface area (TPSA) is 12.5 Å². The molecule has 4 heteroatoms. The van der Waals surface area contributed by atoms with Crippen LogP contribution in [0.15, 0.2) is 30.3 Å². The number of ether oxygens (including phenoxy) is 1. The molecular formula is C15H21F2NO. The van der Waals surface area contributed by atoms with Gasteiger partial charge in [0.25, 0.3) is 5.92 Å². The van der Waals surface area contributed by atoms with Crippen LogP contribution in [-0.2, 0) is 11.3 Å². The Morgan fingerprint density at radius 1 is 1.26 bits per heavy atom. The Balaban J connectivity index is 1.97. The summed E-state index contributed by atoms with van der Waals surface area (Å²) in [6.07, 6.45) is -1.02. The summed E-state index contributed by atoms with van der Waals surface area (Å²) in [6.45, 7) is 6.13. The number of hydrogen-bond acceptors (Lipinski definition) is 2. The van der Waals surface area contributed by atoms with Crippen LogP contribution in [0.25, 0.3) is 0 Å². The summed E-state index contributed by atoms with van der Waals surface area (Å²) in [6, 6.07) is 9.43.